The van der Waals surface area contributed by atoms with Crippen molar-refractivity contribution in [3.8, 4) is 5.75 Å². The molecule has 2 aromatic rings. The fourth-order valence-electron chi connectivity index (χ4n) is 2.31. The summed E-state index contributed by atoms with van der Waals surface area (Å²) >= 11 is 0. The molecule has 0 radical (unpaired) electrons. The Morgan fingerprint density at radius 2 is 2.14 bits per heavy atom. The Kier molecular flexibility index (Phi) is 4.62. The van der Waals surface area contributed by atoms with Gasteiger partial charge in [0.05, 0.1) is 24.9 Å². The van der Waals surface area contributed by atoms with E-state index in [2.05, 4.69) is 10.4 Å². The molecular weight excluding hydrogens is 266 g/mol. The highest BCUT2D eigenvalue weighted by Crippen LogP contribution is 2.27. The van der Waals surface area contributed by atoms with Gasteiger partial charge in [-0.3, -0.25) is 9.48 Å². The Labute approximate surface area is 124 Å². The molecule has 1 atom stereocenters. The number of nitrogens with one attached hydrogen (secondary N) is 1. The molecule has 0 aliphatic heterocycles. The third-order valence-corrected chi connectivity index (χ3v) is 3.71. The van der Waals surface area contributed by atoms with Gasteiger partial charge >= 0.3 is 0 Å². The van der Waals surface area contributed by atoms with E-state index >= 15 is 0 Å². The fourth-order valence-corrected chi connectivity index (χ4v) is 2.31. The van der Waals surface area contributed by atoms with E-state index in [1.54, 1.807) is 18.0 Å². The van der Waals surface area contributed by atoms with E-state index in [-0.39, 0.29) is 11.9 Å². The standard InChI is InChI=1S/C16H21N3O2/c1-5-14(12-8-6-7-9-15(12)21-4)18-16(20)13-10-17-19(3)11(13)2/h6-10,14H,5H2,1-4H3,(H,18,20)/t14-/m1/s1. The van der Waals surface area contributed by atoms with E-state index in [4.69, 9.17) is 4.74 Å². The summed E-state index contributed by atoms with van der Waals surface area (Å²) < 4.78 is 7.07. The molecule has 1 aromatic carbocycles. The molecule has 0 saturated heterocycles. The molecule has 0 unspecified atom stereocenters. The molecule has 0 saturated carbocycles. The van der Waals surface area contributed by atoms with Gasteiger partial charge in [-0.1, -0.05) is 25.1 Å². The van der Waals surface area contributed by atoms with Crippen molar-refractivity contribution in [3.05, 3.63) is 47.3 Å². The van der Waals surface area contributed by atoms with E-state index in [0.29, 0.717) is 5.56 Å². The van der Waals surface area contributed by atoms with E-state index < -0.39 is 0 Å². The number of carbonyl (C=O) groups excluding carboxylic acids is 1. The Bertz CT molecular complexity index is 634. The minimum Gasteiger partial charge on any atom is -0.496 e. The van der Waals surface area contributed by atoms with Gasteiger partial charge in [0.25, 0.3) is 5.91 Å². The van der Waals surface area contributed by atoms with Gasteiger partial charge < -0.3 is 10.1 Å². The van der Waals surface area contributed by atoms with Crippen LogP contribution in [0, 0.1) is 6.92 Å². The van der Waals surface area contributed by atoms with Gasteiger partial charge in [-0.25, -0.2) is 0 Å². The van der Waals surface area contributed by atoms with Crippen LogP contribution in [0.3, 0.4) is 0 Å². The summed E-state index contributed by atoms with van der Waals surface area (Å²) in [5, 5.41) is 7.16. The molecule has 2 rings (SSSR count). The Balaban J connectivity index is 2.23. The molecule has 5 heteroatoms. The summed E-state index contributed by atoms with van der Waals surface area (Å²) in [4.78, 5) is 12.4. The lowest BCUT2D eigenvalue weighted by molar-refractivity contribution is 0.0934. The lowest BCUT2D eigenvalue weighted by atomic mass is 10.0. The summed E-state index contributed by atoms with van der Waals surface area (Å²) in [6, 6.07) is 7.65. The minimum atomic E-state index is -0.113. The van der Waals surface area contributed by atoms with Crippen molar-refractivity contribution in [3.63, 3.8) is 0 Å². The molecule has 0 aliphatic carbocycles. The third-order valence-electron chi connectivity index (χ3n) is 3.71. The lowest BCUT2D eigenvalue weighted by Gasteiger charge is -2.19. The number of para-hydroxylation sites is 1. The number of aromatic nitrogens is 2. The smallest absolute Gasteiger partial charge is 0.255 e. The monoisotopic (exact) mass is 287 g/mol. The number of amides is 1. The van der Waals surface area contributed by atoms with Crippen LogP contribution < -0.4 is 10.1 Å². The number of rotatable bonds is 5. The van der Waals surface area contributed by atoms with Crippen LogP contribution in [0.4, 0.5) is 0 Å². The number of carbonyl (C=O) groups is 1. The van der Waals surface area contributed by atoms with Gasteiger partial charge in [0.2, 0.25) is 0 Å². The van der Waals surface area contributed by atoms with Gasteiger partial charge in [-0.15, -0.1) is 0 Å². The molecule has 1 aromatic heterocycles. The van der Waals surface area contributed by atoms with Crippen LogP contribution in [0.25, 0.3) is 0 Å². The quantitative estimate of drug-likeness (QED) is 0.919. The molecule has 1 N–H and O–H groups in total. The number of benzene rings is 1. The van der Waals surface area contributed by atoms with Crippen molar-refractivity contribution in [2.24, 2.45) is 7.05 Å². The van der Waals surface area contributed by atoms with Crippen molar-refractivity contribution < 1.29 is 9.53 Å². The first-order chi connectivity index (χ1) is 10.1. The minimum absolute atomic E-state index is 0.0896. The van der Waals surface area contributed by atoms with Gasteiger partial charge in [-0.05, 0) is 19.4 Å². The van der Waals surface area contributed by atoms with Gasteiger partial charge in [-0.2, -0.15) is 5.10 Å². The Morgan fingerprint density at radius 3 is 2.71 bits per heavy atom. The first-order valence-electron chi connectivity index (χ1n) is 7.00. The van der Waals surface area contributed by atoms with Crippen molar-refractivity contribution in [2.75, 3.05) is 7.11 Å². The van der Waals surface area contributed by atoms with Gasteiger partial charge in [0.15, 0.2) is 0 Å². The number of nitrogens with zero attached hydrogens (tertiary/aromatic N) is 2. The molecule has 5 nitrogen and oxygen atoms in total. The average Bonchev–Trinajstić information content (AvgIpc) is 2.84. The van der Waals surface area contributed by atoms with Gasteiger partial charge in [0.1, 0.15) is 5.75 Å². The van der Waals surface area contributed by atoms with Crippen LogP contribution >= 0.6 is 0 Å². The van der Waals surface area contributed by atoms with Crippen molar-refractivity contribution >= 4 is 5.91 Å². The number of ether oxygens (including phenoxy) is 1. The molecule has 21 heavy (non-hydrogen) atoms. The zero-order valence-corrected chi connectivity index (χ0v) is 12.9. The summed E-state index contributed by atoms with van der Waals surface area (Å²) in [5.74, 6) is 0.672. The molecule has 1 amide bonds. The molecule has 0 aliphatic rings. The maximum absolute atomic E-state index is 12.4. The molecule has 0 fully saturated rings. The second kappa shape index (κ2) is 6.43. The predicted octanol–water partition coefficient (Wildman–Crippen LogP) is 2.62. The maximum Gasteiger partial charge on any atom is 0.255 e. The van der Waals surface area contributed by atoms with Gasteiger partial charge in [0, 0.05) is 18.3 Å². The Hall–Kier alpha value is -2.30. The van der Waals surface area contributed by atoms with Crippen LogP contribution in [0.1, 0.15) is 41.0 Å². The second-order valence-electron chi connectivity index (χ2n) is 4.94. The average molecular weight is 287 g/mol. The highest BCUT2D eigenvalue weighted by Gasteiger charge is 2.19. The summed E-state index contributed by atoms with van der Waals surface area (Å²) in [6.45, 7) is 3.92. The van der Waals surface area contributed by atoms with Crippen LogP contribution in [0.15, 0.2) is 30.5 Å². The maximum atomic E-state index is 12.4. The zero-order chi connectivity index (χ0) is 15.4. The molecular formula is C16H21N3O2. The van der Waals surface area contributed by atoms with Crippen molar-refractivity contribution in [2.45, 2.75) is 26.3 Å². The molecule has 1 heterocycles. The summed E-state index contributed by atoms with van der Waals surface area (Å²) in [6.07, 6.45) is 2.38. The van der Waals surface area contributed by atoms with E-state index in [1.165, 1.54) is 0 Å². The SMILES string of the molecule is CC[C@@H](NC(=O)c1cnn(C)c1C)c1ccccc1OC. The number of aryl methyl sites for hydroxylation is 1. The van der Waals surface area contributed by atoms with Crippen molar-refractivity contribution in [1.29, 1.82) is 0 Å². The molecule has 112 valence electrons. The third kappa shape index (κ3) is 3.07. The normalized spacial score (nSPS) is 12.0. The van der Waals surface area contributed by atoms with E-state index in [1.807, 2.05) is 45.2 Å². The predicted molar refractivity (Wildman–Crippen MR) is 81.4 cm³/mol. The second-order valence-corrected chi connectivity index (χ2v) is 4.94. The lowest BCUT2D eigenvalue weighted by Crippen LogP contribution is -2.28. The summed E-state index contributed by atoms with van der Waals surface area (Å²) in [7, 11) is 3.46. The highest BCUT2D eigenvalue weighted by molar-refractivity contribution is 5.95. The zero-order valence-electron chi connectivity index (χ0n) is 12.9. The van der Waals surface area contributed by atoms with Crippen LogP contribution in [0.2, 0.25) is 0 Å². The molecule has 0 spiro atoms. The number of methoxy groups -OCH3 is 1. The first kappa shape index (κ1) is 15.1. The van der Waals surface area contributed by atoms with Crippen LogP contribution in [-0.2, 0) is 7.05 Å². The fraction of sp³-hybridized carbons (Fsp3) is 0.375. The van der Waals surface area contributed by atoms with E-state index in [0.717, 1.165) is 23.4 Å². The topological polar surface area (TPSA) is 56.2 Å². The number of hydrogen-bond donors (Lipinski definition) is 1. The van der Waals surface area contributed by atoms with Crippen molar-refractivity contribution in [1.82, 2.24) is 15.1 Å². The first-order valence-corrected chi connectivity index (χ1v) is 7.00. The largest absolute Gasteiger partial charge is 0.496 e. The summed E-state index contributed by atoms with van der Waals surface area (Å²) in [5.41, 5.74) is 2.44. The van der Waals surface area contributed by atoms with E-state index in [9.17, 15) is 4.79 Å². The highest BCUT2D eigenvalue weighted by atomic mass is 16.5. The number of hydrogen-bond acceptors (Lipinski definition) is 3. The van der Waals surface area contributed by atoms with Crippen LogP contribution in [-0.4, -0.2) is 22.8 Å². The van der Waals surface area contributed by atoms with Crippen LogP contribution in [0.5, 0.6) is 5.75 Å². The molecule has 0 bridgehead atoms. The Morgan fingerprint density at radius 1 is 1.43 bits per heavy atom.